The first kappa shape index (κ1) is 24.7. The summed E-state index contributed by atoms with van der Waals surface area (Å²) in [6.45, 7) is 5.09. The molecule has 3 rings (SSSR count). The Kier molecular flexibility index (Phi) is 8.74. The molecule has 2 unspecified atom stereocenters. The maximum absolute atomic E-state index is 13.4. The molecule has 2 aromatic rings. The Labute approximate surface area is 197 Å². The summed E-state index contributed by atoms with van der Waals surface area (Å²) in [7, 11) is -3.58. The molecule has 0 N–H and O–H groups in total. The van der Waals surface area contributed by atoms with Crippen molar-refractivity contribution in [1.82, 2.24) is 9.80 Å². The molecule has 32 heavy (non-hydrogen) atoms. The number of halogens is 1. The summed E-state index contributed by atoms with van der Waals surface area (Å²) < 4.78 is 25.1. The smallest absolute Gasteiger partial charge is 0.245 e. The van der Waals surface area contributed by atoms with Gasteiger partial charge in [-0.05, 0) is 43.9 Å². The predicted octanol–water partition coefficient (Wildman–Crippen LogP) is 4.46. The number of piperidine rings is 1. The number of rotatable bonds is 9. The Bertz CT molecular complexity index is 961. The van der Waals surface area contributed by atoms with Gasteiger partial charge < -0.3 is 9.80 Å². The first-order valence-corrected chi connectivity index (χ1v) is 13.7. The molecule has 0 spiro atoms. The van der Waals surface area contributed by atoms with E-state index in [1.54, 1.807) is 29.2 Å². The van der Waals surface area contributed by atoms with Crippen molar-refractivity contribution in [2.24, 2.45) is 0 Å². The van der Waals surface area contributed by atoms with Crippen molar-refractivity contribution in [3.05, 3.63) is 71.8 Å². The molecular formula is C25H33ClN2O3S. The van der Waals surface area contributed by atoms with Crippen molar-refractivity contribution in [2.45, 2.75) is 42.9 Å². The molecule has 1 saturated heterocycles. The minimum atomic E-state index is -3.58. The van der Waals surface area contributed by atoms with Crippen LogP contribution in [0.15, 0.2) is 60.7 Å². The van der Waals surface area contributed by atoms with E-state index in [2.05, 4.69) is 17.0 Å². The Morgan fingerprint density at radius 3 is 2.06 bits per heavy atom. The average Bonchev–Trinajstić information content (AvgIpc) is 2.79. The highest BCUT2D eigenvalue weighted by Gasteiger charge is 2.37. The molecular weight excluding hydrogens is 444 g/mol. The number of nitrogens with zero attached hydrogens (tertiary/aromatic N) is 2. The topological polar surface area (TPSA) is 57.7 Å². The van der Waals surface area contributed by atoms with E-state index >= 15 is 0 Å². The molecule has 2 aromatic carbocycles. The van der Waals surface area contributed by atoms with Crippen molar-refractivity contribution in [3.63, 3.8) is 0 Å². The van der Waals surface area contributed by atoms with Gasteiger partial charge in [-0.25, -0.2) is 8.42 Å². The third kappa shape index (κ3) is 6.33. The van der Waals surface area contributed by atoms with Crippen LogP contribution in [-0.4, -0.2) is 62.6 Å². The minimum Gasteiger partial charge on any atom is -0.338 e. The molecule has 2 atom stereocenters. The van der Waals surface area contributed by atoms with E-state index in [1.165, 1.54) is 0 Å². The van der Waals surface area contributed by atoms with Crippen LogP contribution in [0.3, 0.4) is 0 Å². The van der Waals surface area contributed by atoms with Crippen LogP contribution >= 0.6 is 11.6 Å². The number of carbonyl (C=O) groups excluding carboxylic acids is 1. The second-order valence-corrected chi connectivity index (χ2v) is 11.1. The number of amides is 1. The summed E-state index contributed by atoms with van der Waals surface area (Å²) in [6, 6.07) is 19.0. The van der Waals surface area contributed by atoms with Crippen LogP contribution in [0.25, 0.3) is 0 Å². The van der Waals surface area contributed by atoms with Crippen LogP contribution in [0.1, 0.15) is 47.9 Å². The fourth-order valence-corrected chi connectivity index (χ4v) is 5.92. The van der Waals surface area contributed by atoms with E-state index in [0.29, 0.717) is 12.1 Å². The highest BCUT2D eigenvalue weighted by atomic mass is 35.5. The summed E-state index contributed by atoms with van der Waals surface area (Å²) in [5.74, 6) is -0.315. The van der Waals surface area contributed by atoms with E-state index in [1.807, 2.05) is 31.2 Å². The number of alkyl halides is 1. The normalized spacial score (nSPS) is 17.6. The molecule has 5 nitrogen and oxygen atoms in total. The zero-order valence-corrected chi connectivity index (χ0v) is 20.4. The number of sulfone groups is 1. The van der Waals surface area contributed by atoms with Gasteiger partial charge in [0.25, 0.3) is 0 Å². The fraction of sp³-hybridized carbons (Fsp3) is 0.480. The molecule has 0 saturated carbocycles. The van der Waals surface area contributed by atoms with Crippen molar-refractivity contribution in [2.75, 3.05) is 32.4 Å². The Hall–Kier alpha value is -1.89. The van der Waals surface area contributed by atoms with Gasteiger partial charge in [0.2, 0.25) is 5.91 Å². The lowest BCUT2D eigenvalue weighted by molar-refractivity contribution is -0.134. The van der Waals surface area contributed by atoms with E-state index in [0.717, 1.165) is 50.7 Å². The molecule has 7 heteroatoms. The monoisotopic (exact) mass is 476 g/mol. The predicted molar refractivity (Wildman–Crippen MR) is 131 cm³/mol. The summed E-state index contributed by atoms with van der Waals surface area (Å²) in [5.41, 5.74) is 1.67. The maximum Gasteiger partial charge on any atom is 0.245 e. The summed E-state index contributed by atoms with van der Waals surface area (Å²) >= 11 is 6.57. The first-order chi connectivity index (χ1) is 15.3. The first-order valence-electron chi connectivity index (χ1n) is 11.3. The highest BCUT2D eigenvalue weighted by Crippen LogP contribution is 2.28. The maximum atomic E-state index is 13.4. The van der Waals surface area contributed by atoms with Gasteiger partial charge in [-0.3, -0.25) is 4.79 Å². The van der Waals surface area contributed by atoms with Crippen LogP contribution in [0.5, 0.6) is 0 Å². The molecule has 0 aromatic heterocycles. The van der Waals surface area contributed by atoms with E-state index < -0.39 is 15.1 Å². The number of hydrogen-bond acceptors (Lipinski definition) is 4. The van der Waals surface area contributed by atoms with Crippen LogP contribution in [0.4, 0.5) is 0 Å². The van der Waals surface area contributed by atoms with Gasteiger partial charge >= 0.3 is 0 Å². The van der Waals surface area contributed by atoms with Gasteiger partial charge in [-0.2, -0.15) is 0 Å². The lowest BCUT2D eigenvalue weighted by Gasteiger charge is -2.39. The van der Waals surface area contributed by atoms with Crippen LogP contribution in [0.2, 0.25) is 0 Å². The van der Waals surface area contributed by atoms with Gasteiger partial charge in [0.05, 0.1) is 5.38 Å². The largest absolute Gasteiger partial charge is 0.338 e. The molecule has 1 aliphatic rings. The number of likely N-dealkylation sites (tertiary alicyclic amines) is 1. The van der Waals surface area contributed by atoms with Crippen molar-refractivity contribution < 1.29 is 13.2 Å². The fourth-order valence-electron chi connectivity index (χ4n) is 4.52. The molecule has 0 radical (unpaired) electrons. The third-order valence-corrected chi connectivity index (χ3v) is 8.04. The van der Waals surface area contributed by atoms with Gasteiger partial charge in [0, 0.05) is 31.9 Å². The lowest BCUT2D eigenvalue weighted by Crippen LogP contribution is -2.49. The minimum absolute atomic E-state index is 0.0102. The zero-order valence-electron chi connectivity index (χ0n) is 18.9. The second-order valence-electron chi connectivity index (χ2n) is 8.48. The van der Waals surface area contributed by atoms with E-state index in [9.17, 15) is 13.2 Å². The van der Waals surface area contributed by atoms with Gasteiger partial charge in [-0.15, -0.1) is 11.6 Å². The van der Waals surface area contributed by atoms with Crippen molar-refractivity contribution >= 4 is 27.3 Å². The van der Waals surface area contributed by atoms with Gasteiger partial charge in [-0.1, -0.05) is 60.7 Å². The molecule has 1 fully saturated rings. The molecule has 1 heterocycles. The number of hydrogen-bond donors (Lipinski definition) is 0. The molecule has 0 bridgehead atoms. The van der Waals surface area contributed by atoms with Crippen molar-refractivity contribution in [3.8, 4) is 0 Å². The number of likely N-dealkylation sites (N-methyl/N-ethyl adjacent to an activating group) is 1. The van der Waals surface area contributed by atoms with Gasteiger partial charge in [0.1, 0.15) is 0 Å². The van der Waals surface area contributed by atoms with Crippen LogP contribution in [0, 0.1) is 0 Å². The quantitative estimate of drug-likeness (QED) is 0.501. The molecule has 1 amide bonds. The number of benzene rings is 2. The Morgan fingerprint density at radius 2 is 1.56 bits per heavy atom. The summed E-state index contributed by atoms with van der Waals surface area (Å²) in [4.78, 5) is 17.5. The Morgan fingerprint density at radius 1 is 1.03 bits per heavy atom. The van der Waals surface area contributed by atoms with E-state index in [4.69, 9.17) is 11.6 Å². The highest BCUT2D eigenvalue weighted by molar-refractivity contribution is 7.91. The van der Waals surface area contributed by atoms with E-state index in [-0.39, 0.29) is 17.3 Å². The molecule has 1 aliphatic heterocycles. The number of carbonyl (C=O) groups is 1. The SMILES string of the molecule is CCN(C(=O)C(c1ccccc1)S(C)(=O)=O)C1CCN(CCC(Cl)c2ccccc2)CC1. The van der Waals surface area contributed by atoms with Crippen LogP contribution < -0.4 is 0 Å². The summed E-state index contributed by atoms with van der Waals surface area (Å²) in [6.07, 6.45) is 3.69. The molecule has 174 valence electrons. The van der Waals surface area contributed by atoms with Crippen molar-refractivity contribution in [1.29, 1.82) is 0 Å². The summed E-state index contributed by atoms with van der Waals surface area (Å²) in [5, 5.41) is -1.16. The third-order valence-electron chi connectivity index (χ3n) is 6.24. The average molecular weight is 477 g/mol. The Balaban J connectivity index is 1.60. The lowest BCUT2D eigenvalue weighted by atomic mass is 10.0. The van der Waals surface area contributed by atoms with Crippen LogP contribution in [-0.2, 0) is 14.6 Å². The second kappa shape index (κ2) is 11.3. The standard InChI is InChI=1S/C25H33ClN2O3S/c1-3-28(25(29)24(32(2,30)31)21-12-8-5-9-13-21)22-14-17-27(18-15-22)19-16-23(26)20-10-6-4-7-11-20/h4-13,22-24H,3,14-19H2,1-2H3. The molecule has 0 aliphatic carbocycles. The van der Waals surface area contributed by atoms with Gasteiger partial charge in [0.15, 0.2) is 15.1 Å². The zero-order chi connectivity index (χ0) is 23.1.